The van der Waals surface area contributed by atoms with Crippen LogP contribution in [0.3, 0.4) is 0 Å². The van der Waals surface area contributed by atoms with E-state index in [0.717, 1.165) is 25.7 Å². The van der Waals surface area contributed by atoms with E-state index in [1.165, 1.54) is 6.07 Å². The summed E-state index contributed by atoms with van der Waals surface area (Å²) < 4.78 is 13.5. The van der Waals surface area contributed by atoms with E-state index < -0.39 is 0 Å². The summed E-state index contributed by atoms with van der Waals surface area (Å²) in [4.78, 5) is 12.1. The number of amides is 1. The summed E-state index contributed by atoms with van der Waals surface area (Å²) in [7, 11) is 0. The Morgan fingerprint density at radius 1 is 1.37 bits per heavy atom. The number of carbonyl (C=O) groups excluding carboxylic acids is 1. The van der Waals surface area contributed by atoms with Crippen LogP contribution in [0.25, 0.3) is 0 Å². The Bertz CT molecular complexity index is 459. The fourth-order valence-corrected chi connectivity index (χ4v) is 2.86. The first kappa shape index (κ1) is 14.5. The molecule has 5 heteroatoms. The molecule has 3 nitrogen and oxygen atoms in total. The zero-order valence-electron chi connectivity index (χ0n) is 10.7. The molecule has 0 aliphatic heterocycles. The van der Waals surface area contributed by atoms with Crippen LogP contribution in [0, 0.1) is 17.7 Å². The quantitative estimate of drug-likeness (QED) is 0.894. The first-order valence-corrected chi connectivity index (χ1v) is 7.35. The van der Waals surface area contributed by atoms with E-state index in [1.54, 1.807) is 12.1 Å². The number of halogens is 2. The largest absolute Gasteiger partial charge is 0.330 e. The predicted molar refractivity (Wildman–Crippen MR) is 77.2 cm³/mol. The standard InChI is InChI=1S/C14H18BrFN2O/c15-12-7-11(5-6-13(12)16)18-14(19)10-3-1-9(8-17)2-4-10/h5-7,9-10H,1-4,8,17H2,(H,18,19). The molecule has 0 atom stereocenters. The van der Waals surface area contributed by atoms with Gasteiger partial charge in [-0.05, 0) is 72.3 Å². The van der Waals surface area contributed by atoms with Gasteiger partial charge in [0.25, 0.3) is 0 Å². The molecular weight excluding hydrogens is 311 g/mol. The number of anilines is 1. The normalized spacial score (nSPS) is 23.1. The first-order chi connectivity index (χ1) is 9.10. The van der Waals surface area contributed by atoms with Gasteiger partial charge in [-0.3, -0.25) is 4.79 Å². The maximum Gasteiger partial charge on any atom is 0.227 e. The van der Waals surface area contributed by atoms with Crippen LogP contribution in [0.1, 0.15) is 25.7 Å². The minimum absolute atomic E-state index is 0.0222. The monoisotopic (exact) mass is 328 g/mol. The van der Waals surface area contributed by atoms with Gasteiger partial charge in [-0.2, -0.15) is 0 Å². The summed E-state index contributed by atoms with van der Waals surface area (Å²) in [5.74, 6) is 0.297. The number of rotatable bonds is 3. The maximum atomic E-state index is 13.1. The average Bonchev–Trinajstić information content (AvgIpc) is 2.43. The van der Waals surface area contributed by atoms with Crippen molar-refractivity contribution in [3.63, 3.8) is 0 Å². The van der Waals surface area contributed by atoms with Gasteiger partial charge in [0.2, 0.25) is 5.91 Å². The Morgan fingerprint density at radius 2 is 2.05 bits per heavy atom. The van der Waals surface area contributed by atoms with E-state index in [2.05, 4.69) is 21.2 Å². The SMILES string of the molecule is NCC1CCC(C(=O)Nc2ccc(F)c(Br)c2)CC1. The molecule has 1 fully saturated rings. The summed E-state index contributed by atoms with van der Waals surface area (Å²) in [6.07, 6.45) is 3.80. The van der Waals surface area contributed by atoms with Gasteiger partial charge >= 0.3 is 0 Å². The van der Waals surface area contributed by atoms with Gasteiger partial charge in [-0.15, -0.1) is 0 Å². The van der Waals surface area contributed by atoms with E-state index in [1.807, 2.05) is 0 Å². The third-order valence-corrected chi connectivity index (χ3v) is 4.35. The lowest BCUT2D eigenvalue weighted by atomic mass is 9.81. The third kappa shape index (κ3) is 3.76. The van der Waals surface area contributed by atoms with E-state index in [4.69, 9.17) is 5.73 Å². The molecule has 2 rings (SSSR count). The molecule has 0 bridgehead atoms. The van der Waals surface area contributed by atoms with Gasteiger partial charge < -0.3 is 11.1 Å². The van der Waals surface area contributed by atoms with Crippen LogP contribution in [0.5, 0.6) is 0 Å². The zero-order chi connectivity index (χ0) is 13.8. The number of hydrogen-bond donors (Lipinski definition) is 2. The summed E-state index contributed by atoms with van der Waals surface area (Å²) in [5.41, 5.74) is 6.26. The summed E-state index contributed by atoms with van der Waals surface area (Å²) >= 11 is 3.11. The number of nitrogens with one attached hydrogen (secondary N) is 1. The van der Waals surface area contributed by atoms with Gasteiger partial charge in [0.05, 0.1) is 4.47 Å². The smallest absolute Gasteiger partial charge is 0.227 e. The molecule has 1 aromatic carbocycles. The number of carbonyl (C=O) groups is 1. The van der Waals surface area contributed by atoms with Gasteiger partial charge in [0.15, 0.2) is 0 Å². The Hall–Kier alpha value is -0.940. The number of nitrogens with two attached hydrogens (primary N) is 1. The summed E-state index contributed by atoms with van der Waals surface area (Å²) in [5, 5.41) is 2.85. The Morgan fingerprint density at radius 3 is 2.63 bits per heavy atom. The molecule has 1 aromatic rings. The lowest BCUT2D eigenvalue weighted by Gasteiger charge is -2.26. The average molecular weight is 329 g/mol. The maximum absolute atomic E-state index is 13.1. The summed E-state index contributed by atoms with van der Waals surface area (Å²) in [6.45, 7) is 0.708. The third-order valence-electron chi connectivity index (χ3n) is 3.74. The summed E-state index contributed by atoms with van der Waals surface area (Å²) in [6, 6.07) is 4.49. The molecule has 0 spiro atoms. The van der Waals surface area contributed by atoms with Crippen LogP contribution in [-0.4, -0.2) is 12.5 Å². The lowest BCUT2D eigenvalue weighted by Crippen LogP contribution is -2.29. The van der Waals surface area contributed by atoms with Gasteiger partial charge in [-0.25, -0.2) is 4.39 Å². The van der Waals surface area contributed by atoms with Crippen LogP contribution < -0.4 is 11.1 Å². The van der Waals surface area contributed by atoms with Gasteiger partial charge in [0.1, 0.15) is 5.82 Å². The zero-order valence-corrected chi connectivity index (χ0v) is 12.2. The minimum atomic E-state index is -0.332. The highest BCUT2D eigenvalue weighted by atomic mass is 79.9. The Labute approximate surface area is 120 Å². The van der Waals surface area contributed by atoms with Crippen LogP contribution in [0.2, 0.25) is 0 Å². The fraction of sp³-hybridized carbons (Fsp3) is 0.500. The van der Waals surface area contributed by atoms with Gasteiger partial charge in [-0.1, -0.05) is 0 Å². The van der Waals surface area contributed by atoms with E-state index in [0.29, 0.717) is 22.6 Å². The van der Waals surface area contributed by atoms with Crippen molar-refractivity contribution in [2.75, 3.05) is 11.9 Å². The van der Waals surface area contributed by atoms with Crippen molar-refractivity contribution in [2.45, 2.75) is 25.7 Å². The molecule has 19 heavy (non-hydrogen) atoms. The van der Waals surface area contributed by atoms with E-state index >= 15 is 0 Å². The molecule has 3 N–H and O–H groups in total. The van der Waals surface area contributed by atoms with Crippen molar-refractivity contribution in [3.8, 4) is 0 Å². The lowest BCUT2D eigenvalue weighted by molar-refractivity contribution is -0.121. The van der Waals surface area contributed by atoms with Crippen molar-refractivity contribution < 1.29 is 9.18 Å². The van der Waals surface area contributed by atoms with Crippen LogP contribution >= 0.6 is 15.9 Å². The van der Waals surface area contributed by atoms with Gasteiger partial charge in [0, 0.05) is 11.6 Å². The molecule has 1 amide bonds. The molecular formula is C14H18BrFN2O. The second-order valence-corrected chi connectivity index (χ2v) is 5.93. The molecule has 1 aliphatic rings. The molecule has 0 saturated heterocycles. The molecule has 0 aromatic heterocycles. The minimum Gasteiger partial charge on any atom is -0.330 e. The second kappa shape index (κ2) is 6.48. The highest BCUT2D eigenvalue weighted by molar-refractivity contribution is 9.10. The molecule has 0 radical (unpaired) electrons. The number of benzene rings is 1. The predicted octanol–water partition coefficient (Wildman–Crippen LogP) is 3.29. The fourth-order valence-electron chi connectivity index (χ4n) is 2.48. The van der Waals surface area contributed by atoms with E-state index in [9.17, 15) is 9.18 Å². The Balaban J connectivity index is 1.92. The van der Waals surface area contributed by atoms with Crippen molar-refractivity contribution in [2.24, 2.45) is 17.6 Å². The van der Waals surface area contributed by atoms with E-state index in [-0.39, 0.29) is 17.6 Å². The molecule has 1 saturated carbocycles. The van der Waals surface area contributed by atoms with Crippen molar-refractivity contribution in [1.82, 2.24) is 0 Å². The van der Waals surface area contributed by atoms with Crippen molar-refractivity contribution in [3.05, 3.63) is 28.5 Å². The number of hydrogen-bond acceptors (Lipinski definition) is 2. The van der Waals surface area contributed by atoms with Crippen LogP contribution in [0.4, 0.5) is 10.1 Å². The molecule has 1 aliphatic carbocycles. The van der Waals surface area contributed by atoms with Crippen LogP contribution in [-0.2, 0) is 4.79 Å². The highest BCUT2D eigenvalue weighted by Crippen LogP contribution is 2.29. The van der Waals surface area contributed by atoms with Crippen molar-refractivity contribution in [1.29, 1.82) is 0 Å². The molecule has 0 heterocycles. The second-order valence-electron chi connectivity index (χ2n) is 5.07. The highest BCUT2D eigenvalue weighted by Gasteiger charge is 2.25. The molecule has 104 valence electrons. The topological polar surface area (TPSA) is 55.1 Å². The van der Waals surface area contributed by atoms with Crippen molar-refractivity contribution >= 4 is 27.5 Å². The molecule has 0 unspecified atom stereocenters. The Kier molecular flexibility index (Phi) is 4.93. The van der Waals surface area contributed by atoms with Crippen LogP contribution in [0.15, 0.2) is 22.7 Å². The first-order valence-electron chi connectivity index (χ1n) is 6.56.